The first kappa shape index (κ1) is 19.9. The van der Waals surface area contributed by atoms with Crippen molar-refractivity contribution in [2.75, 3.05) is 27.4 Å². The van der Waals surface area contributed by atoms with E-state index in [1.54, 1.807) is 36.7 Å². The number of ketones is 1. The maximum Gasteiger partial charge on any atom is 0.295 e. The number of nitrogens with zero attached hydrogens (tertiary/aromatic N) is 2. The average molecular weight is 403 g/mol. The van der Waals surface area contributed by atoms with Gasteiger partial charge in [0.15, 0.2) is 0 Å². The van der Waals surface area contributed by atoms with Crippen LogP contribution in [-0.2, 0) is 14.3 Å². The normalized spacial score (nSPS) is 18.5. The van der Waals surface area contributed by atoms with Gasteiger partial charge in [-0.15, -0.1) is 0 Å². The number of aromatic nitrogens is 1. The third kappa shape index (κ3) is 3.58. The highest BCUT2D eigenvalue weighted by molar-refractivity contribution is 6.46. The molecule has 1 N–H and O–H groups in total. The molecule has 2 heterocycles. The minimum atomic E-state index is -0.799. The number of ether oxygens (including phenoxy) is 2. The summed E-state index contributed by atoms with van der Waals surface area (Å²) in [6.07, 6.45) is 3.14. The van der Waals surface area contributed by atoms with Crippen molar-refractivity contribution in [3.8, 4) is 5.75 Å². The summed E-state index contributed by atoms with van der Waals surface area (Å²) in [5.74, 6) is -1.53. The van der Waals surface area contributed by atoms with Crippen molar-refractivity contribution < 1.29 is 24.2 Å². The number of rotatable bonds is 6. The molecule has 146 valence electrons. The topological polar surface area (TPSA) is 89.0 Å². The number of hydrogen-bond acceptors (Lipinski definition) is 6. The molecule has 1 aromatic carbocycles. The van der Waals surface area contributed by atoms with Gasteiger partial charge in [-0.1, -0.05) is 17.7 Å². The van der Waals surface area contributed by atoms with E-state index in [0.717, 1.165) is 0 Å². The molecule has 2 aromatic rings. The highest BCUT2D eigenvalue weighted by atomic mass is 35.5. The molecule has 1 aliphatic rings. The van der Waals surface area contributed by atoms with Crippen molar-refractivity contribution in [2.24, 2.45) is 0 Å². The number of carbonyl (C=O) groups is 2. The second kappa shape index (κ2) is 8.41. The van der Waals surface area contributed by atoms with E-state index in [9.17, 15) is 14.7 Å². The van der Waals surface area contributed by atoms with Crippen LogP contribution in [0.2, 0.25) is 5.02 Å². The van der Waals surface area contributed by atoms with Crippen LogP contribution in [0, 0.1) is 0 Å². The number of carbonyl (C=O) groups excluding carboxylic acids is 2. The Morgan fingerprint density at radius 3 is 2.71 bits per heavy atom. The highest BCUT2D eigenvalue weighted by Crippen LogP contribution is 2.40. The van der Waals surface area contributed by atoms with Crippen LogP contribution >= 0.6 is 11.6 Å². The number of likely N-dealkylation sites (tertiary alicyclic amines) is 1. The summed E-state index contributed by atoms with van der Waals surface area (Å²) in [4.78, 5) is 30.9. The van der Waals surface area contributed by atoms with Crippen molar-refractivity contribution in [1.82, 2.24) is 9.88 Å². The number of aliphatic hydroxyl groups excluding tert-OH is 1. The first-order chi connectivity index (χ1) is 13.5. The Bertz CT molecular complexity index is 929. The molecule has 1 fully saturated rings. The van der Waals surface area contributed by atoms with Crippen LogP contribution in [-0.4, -0.2) is 54.1 Å². The maximum atomic E-state index is 12.8. The molecule has 1 unspecified atom stereocenters. The molecule has 0 spiro atoms. The third-order valence-corrected chi connectivity index (χ3v) is 4.73. The van der Waals surface area contributed by atoms with E-state index in [2.05, 4.69) is 4.98 Å². The Labute approximate surface area is 167 Å². The molecule has 0 radical (unpaired) electrons. The van der Waals surface area contributed by atoms with Gasteiger partial charge in [-0.05, 0) is 29.8 Å². The lowest BCUT2D eigenvalue weighted by molar-refractivity contribution is -0.140. The summed E-state index contributed by atoms with van der Waals surface area (Å²) >= 11 is 6.06. The summed E-state index contributed by atoms with van der Waals surface area (Å²) in [6, 6.07) is 7.31. The van der Waals surface area contributed by atoms with E-state index in [4.69, 9.17) is 21.1 Å². The largest absolute Gasteiger partial charge is 0.507 e. The first-order valence-electron chi connectivity index (χ1n) is 8.50. The van der Waals surface area contributed by atoms with Gasteiger partial charge in [0.1, 0.15) is 11.5 Å². The SMILES string of the molecule is COCCN1C(=O)C(=O)/C(=C(/O)c2cc(Cl)ccc2OC)C1c1cccnc1. The number of pyridine rings is 1. The van der Waals surface area contributed by atoms with Gasteiger partial charge < -0.3 is 19.5 Å². The van der Waals surface area contributed by atoms with Crippen LogP contribution in [0.15, 0.2) is 48.3 Å². The van der Waals surface area contributed by atoms with Crippen molar-refractivity contribution in [3.63, 3.8) is 0 Å². The zero-order chi connectivity index (χ0) is 20.3. The molecule has 1 aliphatic heterocycles. The van der Waals surface area contributed by atoms with Crippen LogP contribution < -0.4 is 4.74 Å². The number of methoxy groups -OCH3 is 2. The molecule has 1 amide bonds. The fourth-order valence-electron chi connectivity index (χ4n) is 3.19. The van der Waals surface area contributed by atoms with Crippen LogP contribution in [0.1, 0.15) is 17.2 Å². The van der Waals surface area contributed by atoms with Crippen molar-refractivity contribution >= 4 is 29.1 Å². The van der Waals surface area contributed by atoms with E-state index < -0.39 is 17.7 Å². The van der Waals surface area contributed by atoms with Gasteiger partial charge in [0.05, 0.1) is 30.9 Å². The van der Waals surface area contributed by atoms with Gasteiger partial charge in [0, 0.05) is 31.1 Å². The van der Waals surface area contributed by atoms with Gasteiger partial charge in [-0.25, -0.2) is 0 Å². The fourth-order valence-corrected chi connectivity index (χ4v) is 3.37. The Morgan fingerprint density at radius 2 is 2.07 bits per heavy atom. The zero-order valence-electron chi connectivity index (χ0n) is 15.4. The third-order valence-electron chi connectivity index (χ3n) is 4.49. The fraction of sp³-hybridized carbons (Fsp3) is 0.250. The van der Waals surface area contributed by atoms with Gasteiger partial charge in [-0.3, -0.25) is 14.6 Å². The number of halogens is 1. The van der Waals surface area contributed by atoms with Crippen LogP contribution in [0.3, 0.4) is 0 Å². The molecule has 1 saturated heterocycles. The van der Waals surface area contributed by atoms with Gasteiger partial charge >= 0.3 is 0 Å². The quantitative estimate of drug-likeness (QED) is 0.454. The van der Waals surface area contributed by atoms with E-state index in [0.29, 0.717) is 16.3 Å². The summed E-state index contributed by atoms with van der Waals surface area (Å²) in [5.41, 5.74) is 0.781. The Kier molecular flexibility index (Phi) is 5.96. The van der Waals surface area contributed by atoms with Gasteiger partial charge in [0.2, 0.25) is 0 Å². The number of hydrogen-bond donors (Lipinski definition) is 1. The minimum Gasteiger partial charge on any atom is -0.507 e. The van der Waals surface area contributed by atoms with E-state index in [1.165, 1.54) is 25.2 Å². The van der Waals surface area contributed by atoms with E-state index in [-0.39, 0.29) is 30.0 Å². The predicted molar refractivity (Wildman–Crippen MR) is 103 cm³/mol. The molecule has 1 aromatic heterocycles. The second-order valence-corrected chi connectivity index (χ2v) is 6.55. The molecular weight excluding hydrogens is 384 g/mol. The summed E-state index contributed by atoms with van der Waals surface area (Å²) in [6.45, 7) is 0.425. The molecule has 0 aliphatic carbocycles. The standard InChI is InChI=1S/C20H19ClN2O5/c1-27-9-8-23-17(12-4-3-7-22-11-12)16(19(25)20(23)26)18(24)14-10-13(21)5-6-15(14)28-2/h3-7,10-11,17,24H,8-9H2,1-2H3/b18-16+. The summed E-state index contributed by atoms with van der Waals surface area (Å²) in [5, 5.41) is 11.4. The van der Waals surface area contributed by atoms with Crippen LogP contribution in [0.4, 0.5) is 0 Å². The smallest absolute Gasteiger partial charge is 0.295 e. The van der Waals surface area contributed by atoms with Gasteiger partial charge in [0.25, 0.3) is 11.7 Å². The number of benzene rings is 1. The van der Waals surface area contributed by atoms with Crippen LogP contribution in [0.25, 0.3) is 5.76 Å². The van der Waals surface area contributed by atoms with Crippen molar-refractivity contribution in [3.05, 3.63) is 64.4 Å². The van der Waals surface area contributed by atoms with E-state index >= 15 is 0 Å². The minimum absolute atomic E-state index is 0.0466. The van der Waals surface area contributed by atoms with E-state index in [1.807, 2.05) is 0 Å². The number of aliphatic hydroxyl groups is 1. The average Bonchev–Trinajstić information content (AvgIpc) is 2.97. The second-order valence-electron chi connectivity index (χ2n) is 6.12. The lowest BCUT2D eigenvalue weighted by atomic mass is 9.96. The maximum absolute atomic E-state index is 12.8. The molecule has 1 atom stereocenters. The molecular formula is C20H19ClN2O5. The number of amides is 1. The van der Waals surface area contributed by atoms with Crippen LogP contribution in [0.5, 0.6) is 5.75 Å². The molecule has 8 heteroatoms. The zero-order valence-corrected chi connectivity index (χ0v) is 16.1. The summed E-state index contributed by atoms with van der Waals surface area (Å²) in [7, 11) is 2.95. The first-order valence-corrected chi connectivity index (χ1v) is 8.88. The number of Topliss-reactive ketones (excluding diaryl/α,β-unsaturated/α-hetero) is 1. The molecule has 28 heavy (non-hydrogen) atoms. The van der Waals surface area contributed by atoms with Gasteiger partial charge in [-0.2, -0.15) is 0 Å². The Balaban J connectivity index is 2.21. The highest BCUT2D eigenvalue weighted by Gasteiger charge is 2.46. The Morgan fingerprint density at radius 1 is 1.29 bits per heavy atom. The monoisotopic (exact) mass is 402 g/mol. The molecule has 7 nitrogen and oxygen atoms in total. The molecule has 0 saturated carbocycles. The predicted octanol–water partition coefficient (Wildman–Crippen LogP) is 2.81. The molecule has 3 rings (SSSR count). The lowest BCUT2D eigenvalue weighted by Crippen LogP contribution is -2.32. The lowest BCUT2D eigenvalue weighted by Gasteiger charge is -2.24. The molecule has 0 bridgehead atoms. The summed E-state index contributed by atoms with van der Waals surface area (Å²) < 4.78 is 10.3. The Hall–Kier alpha value is -2.90. The van der Waals surface area contributed by atoms with Crippen molar-refractivity contribution in [1.29, 1.82) is 0 Å². The van der Waals surface area contributed by atoms with Crippen molar-refractivity contribution in [2.45, 2.75) is 6.04 Å².